The minimum Gasteiger partial charge on any atom is -0.312 e. The largest absolute Gasteiger partial charge is 0.431 e. The lowest BCUT2D eigenvalue weighted by Crippen LogP contribution is -2.08. The van der Waals surface area contributed by atoms with Crippen molar-refractivity contribution in [1.82, 2.24) is 4.40 Å². The van der Waals surface area contributed by atoms with Crippen LogP contribution in [0, 0.1) is 0 Å². The van der Waals surface area contributed by atoms with Gasteiger partial charge < -0.3 is 4.40 Å². The van der Waals surface area contributed by atoms with E-state index in [0.717, 1.165) is 10.5 Å². The highest BCUT2D eigenvalue weighted by atomic mass is 79.9. The Morgan fingerprint density at radius 1 is 1.07 bits per heavy atom. The zero-order valence-electron chi connectivity index (χ0n) is 6.85. The summed E-state index contributed by atoms with van der Waals surface area (Å²) in [7, 11) is 0. The van der Waals surface area contributed by atoms with Crippen LogP contribution < -0.4 is 0 Å². The molecular formula is C9H5BrF3N. The van der Waals surface area contributed by atoms with Crippen molar-refractivity contribution in [2.45, 2.75) is 6.18 Å². The maximum Gasteiger partial charge on any atom is 0.431 e. The van der Waals surface area contributed by atoms with Gasteiger partial charge >= 0.3 is 6.18 Å². The van der Waals surface area contributed by atoms with E-state index >= 15 is 0 Å². The van der Waals surface area contributed by atoms with E-state index in [4.69, 9.17) is 0 Å². The lowest BCUT2D eigenvalue weighted by molar-refractivity contribution is -0.141. The van der Waals surface area contributed by atoms with Crippen molar-refractivity contribution in [3.8, 4) is 0 Å². The molecule has 0 unspecified atom stereocenters. The Bertz CT molecular complexity index is 472. The topological polar surface area (TPSA) is 4.41 Å². The van der Waals surface area contributed by atoms with Gasteiger partial charge in [0, 0.05) is 16.2 Å². The fourth-order valence-corrected chi connectivity index (χ4v) is 1.64. The van der Waals surface area contributed by atoms with Crippen molar-refractivity contribution in [3.63, 3.8) is 0 Å². The number of hydrogen-bond donors (Lipinski definition) is 0. The highest BCUT2D eigenvalue weighted by molar-refractivity contribution is 9.10. The molecule has 0 saturated heterocycles. The van der Waals surface area contributed by atoms with Crippen LogP contribution in [-0.4, -0.2) is 4.40 Å². The Kier molecular flexibility index (Phi) is 2.06. The molecule has 1 nitrogen and oxygen atoms in total. The fraction of sp³-hybridized carbons (Fsp3) is 0.111. The third-order valence-electron chi connectivity index (χ3n) is 1.91. The molecule has 14 heavy (non-hydrogen) atoms. The Balaban J connectivity index is 2.73. The Morgan fingerprint density at radius 3 is 2.36 bits per heavy atom. The van der Waals surface area contributed by atoms with Crippen LogP contribution in [0.4, 0.5) is 13.2 Å². The van der Waals surface area contributed by atoms with E-state index in [1.165, 1.54) is 12.3 Å². The van der Waals surface area contributed by atoms with Crippen LogP contribution in [0.15, 0.2) is 34.9 Å². The minimum atomic E-state index is -4.31. The average Bonchev–Trinajstić information content (AvgIpc) is 2.45. The van der Waals surface area contributed by atoms with E-state index in [-0.39, 0.29) is 0 Å². The Labute approximate surface area is 86.3 Å². The molecule has 2 aromatic heterocycles. The smallest absolute Gasteiger partial charge is 0.312 e. The molecule has 0 N–H and O–H groups in total. The maximum atomic E-state index is 12.4. The number of nitrogens with zero attached hydrogens (tertiary/aromatic N) is 1. The monoisotopic (exact) mass is 263 g/mol. The van der Waals surface area contributed by atoms with Gasteiger partial charge in [-0.3, -0.25) is 0 Å². The van der Waals surface area contributed by atoms with Crippen LogP contribution in [0.2, 0.25) is 0 Å². The van der Waals surface area contributed by atoms with E-state index in [2.05, 4.69) is 15.9 Å². The standard InChI is InChI=1S/C9H5BrF3N/c10-6-1-2-7-3-4-8(9(11,12)13)14(7)5-6/h1-5H. The lowest BCUT2D eigenvalue weighted by atomic mass is 10.4. The second-order valence-corrected chi connectivity index (χ2v) is 3.77. The normalized spacial score (nSPS) is 12.3. The van der Waals surface area contributed by atoms with Crippen molar-refractivity contribution < 1.29 is 13.2 Å². The van der Waals surface area contributed by atoms with Gasteiger partial charge in [-0.1, -0.05) is 0 Å². The van der Waals surface area contributed by atoms with Gasteiger partial charge in [0.05, 0.1) is 0 Å². The SMILES string of the molecule is FC(F)(F)c1ccc2ccc(Br)cn12. The van der Waals surface area contributed by atoms with Crippen LogP contribution in [0.3, 0.4) is 0 Å². The summed E-state index contributed by atoms with van der Waals surface area (Å²) in [6, 6.07) is 5.84. The lowest BCUT2D eigenvalue weighted by Gasteiger charge is -2.06. The first kappa shape index (κ1) is 9.58. The van der Waals surface area contributed by atoms with Gasteiger partial charge in [0.15, 0.2) is 0 Å². The van der Waals surface area contributed by atoms with E-state index in [1.54, 1.807) is 12.1 Å². The minimum absolute atomic E-state index is 0.528. The number of rotatable bonds is 0. The molecule has 0 aliphatic carbocycles. The van der Waals surface area contributed by atoms with Crippen molar-refractivity contribution in [2.24, 2.45) is 0 Å². The molecule has 0 atom stereocenters. The number of aromatic nitrogens is 1. The molecule has 74 valence electrons. The molecule has 2 rings (SSSR count). The van der Waals surface area contributed by atoms with Gasteiger partial charge in [-0.15, -0.1) is 0 Å². The third kappa shape index (κ3) is 1.52. The average molecular weight is 264 g/mol. The van der Waals surface area contributed by atoms with E-state index < -0.39 is 11.9 Å². The van der Waals surface area contributed by atoms with Crippen LogP contribution >= 0.6 is 15.9 Å². The first-order chi connectivity index (χ1) is 6.48. The van der Waals surface area contributed by atoms with Gasteiger partial charge in [0.1, 0.15) is 5.69 Å². The number of fused-ring (bicyclic) bond motifs is 1. The van der Waals surface area contributed by atoms with Gasteiger partial charge in [0.25, 0.3) is 0 Å². The number of pyridine rings is 1. The van der Waals surface area contributed by atoms with Gasteiger partial charge in [-0.25, -0.2) is 0 Å². The van der Waals surface area contributed by atoms with Crippen LogP contribution in [0.5, 0.6) is 0 Å². The Morgan fingerprint density at radius 2 is 1.71 bits per heavy atom. The summed E-state index contributed by atoms with van der Waals surface area (Å²) in [4.78, 5) is 0. The van der Waals surface area contributed by atoms with Crippen molar-refractivity contribution in [3.05, 3.63) is 40.6 Å². The number of halogens is 4. The summed E-state index contributed by atoms with van der Waals surface area (Å²) in [6.07, 6.45) is -2.91. The first-order valence-corrected chi connectivity index (χ1v) is 4.61. The number of alkyl halides is 3. The predicted octanol–water partition coefficient (Wildman–Crippen LogP) is 3.72. The molecule has 0 aromatic carbocycles. The van der Waals surface area contributed by atoms with Gasteiger partial charge in [-0.05, 0) is 40.2 Å². The number of hydrogen-bond acceptors (Lipinski definition) is 0. The molecule has 0 spiro atoms. The van der Waals surface area contributed by atoms with E-state index in [1.807, 2.05) is 0 Å². The zero-order valence-corrected chi connectivity index (χ0v) is 8.43. The fourth-order valence-electron chi connectivity index (χ4n) is 1.31. The zero-order chi connectivity index (χ0) is 10.3. The summed E-state index contributed by atoms with van der Waals surface area (Å²) < 4.78 is 39.1. The summed E-state index contributed by atoms with van der Waals surface area (Å²) in [5.41, 5.74) is -0.130. The van der Waals surface area contributed by atoms with Crippen LogP contribution in [0.1, 0.15) is 5.69 Å². The Hall–Kier alpha value is -0.970. The molecule has 0 amide bonds. The van der Waals surface area contributed by atoms with E-state index in [0.29, 0.717) is 9.99 Å². The van der Waals surface area contributed by atoms with Crippen molar-refractivity contribution in [2.75, 3.05) is 0 Å². The maximum absolute atomic E-state index is 12.4. The molecule has 2 aromatic rings. The molecule has 0 fully saturated rings. The summed E-state index contributed by atoms with van der Waals surface area (Å²) in [6.45, 7) is 0. The molecular weight excluding hydrogens is 259 g/mol. The molecule has 0 saturated carbocycles. The molecule has 0 radical (unpaired) electrons. The summed E-state index contributed by atoms with van der Waals surface area (Å²) in [5.74, 6) is 0. The van der Waals surface area contributed by atoms with Crippen molar-refractivity contribution >= 4 is 21.4 Å². The van der Waals surface area contributed by atoms with Crippen LogP contribution in [-0.2, 0) is 6.18 Å². The molecule has 0 aliphatic heterocycles. The third-order valence-corrected chi connectivity index (χ3v) is 2.37. The molecule has 0 bridgehead atoms. The summed E-state index contributed by atoms with van der Waals surface area (Å²) in [5, 5.41) is 0. The molecule has 0 aliphatic rings. The second-order valence-electron chi connectivity index (χ2n) is 2.86. The predicted molar refractivity (Wildman–Crippen MR) is 50.1 cm³/mol. The summed E-state index contributed by atoms with van der Waals surface area (Å²) >= 11 is 3.13. The van der Waals surface area contributed by atoms with Gasteiger partial charge in [0.2, 0.25) is 0 Å². The van der Waals surface area contributed by atoms with E-state index in [9.17, 15) is 13.2 Å². The first-order valence-electron chi connectivity index (χ1n) is 3.82. The quantitative estimate of drug-likeness (QED) is 0.683. The highest BCUT2D eigenvalue weighted by Crippen LogP contribution is 2.31. The molecule has 2 heterocycles. The van der Waals surface area contributed by atoms with Crippen molar-refractivity contribution in [1.29, 1.82) is 0 Å². The molecule has 5 heteroatoms. The van der Waals surface area contributed by atoms with Gasteiger partial charge in [-0.2, -0.15) is 13.2 Å². The highest BCUT2D eigenvalue weighted by Gasteiger charge is 2.33. The second kappa shape index (κ2) is 3.02. The van der Waals surface area contributed by atoms with Crippen LogP contribution in [0.25, 0.3) is 5.52 Å².